The summed E-state index contributed by atoms with van der Waals surface area (Å²) in [6.07, 6.45) is 1.06. The zero-order chi connectivity index (χ0) is 20.3. The number of nitrogens with zero attached hydrogens (tertiary/aromatic N) is 2. The molecule has 1 aliphatic heterocycles. The van der Waals surface area contributed by atoms with E-state index in [9.17, 15) is 13.2 Å². The Hall–Kier alpha value is -1.89. The van der Waals surface area contributed by atoms with Crippen molar-refractivity contribution in [3.05, 3.63) is 64.2 Å². The molecule has 0 N–H and O–H groups in total. The molecule has 0 radical (unpaired) electrons. The summed E-state index contributed by atoms with van der Waals surface area (Å²) in [4.78, 5) is 14.6. The molecule has 150 valence electrons. The van der Waals surface area contributed by atoms with Crippen molar-refractivity contribution in [3.63, 3.8) is 0 Å². The van der Waals surface area contributed by atoms with Crippen LogP contribution in [0.5, 0.6) is 0 Å². The van der Waals surface area contributed by atoms with Gasteiger partial charge in [0.25, 0.3) is 0 Å². The molecule has 1 aliphatic rings. The predicted molar refractivity (Wildman–Crippen MR) is 111 cm³/mol. The van der Waals surface area contributed by atoms with Crippen molar-refractivity contribution < 1.29 is 13.2 Å². The smallest absolute Gasteiger partial charge is 0.243 e. The van der Waals surface area contributed by atoms with Crippen LogP contribution in [0.15, 0.2) is 47.4 Å². The number of carbonyl (C=O) groups excluding carboxylic acids is 1. The molecular weight excluding hydrogens is 396 g/mol. The van der Waals surface area contributed by atoms with E-state index in [1.807, 2.05) is 50.2 Å². The Balaban J connectivity index is 1.58. The number of hydrogen-bond donors (Lipinski definition) is 0. The number of carbonyl (C=O) groups is 1. The second-order valence-electron chi connectivity index (χ2n) is 7.18. The van der Waals surface area contributed by atoms with Gasteiger partial charge in [-0.1, -0.05) is 35.9 Å². The summed E-state index contributed by atoms with van der Waals surface area (Å²) in [5, 5.41) is 0.677. The molecule has 0 unspecified atom stereocenters. The maximum atomic E-state index is 13.0. The summed E-state index contributed by atoms with van der Waals surface area (Å²) in [6.45, 7) is 5.18. The number of rotatable bonds is 5. The first-order valence-corrected chi connectivity index (χ1v) is 11.2. The lowest BCUT2D eigenvalue weighted by Gasteiger charge is -2.34. The fraction of sp³-hybridized carbons (Fsp3) is 0.381. The summed E-state index contributed by atoms with van der Waals surface area (Å²) in [6, 6.07) is 12.9. The molecule has 5 nitrogen and oxygen atoms in total. The van der Waals surface area contributed by atoms with Gasteiger partial charge in [-0.05, 0) is 55.2 Å². The number of sulfonamides is 1. The summed E-state index contributed by atoms with van der Waals surface area (Å²) >= 11 is 5.88. The molecule has 28 heavy (non-hydrogen) atoms. The number of amides is 1. The van der Waals surface area contributed by atoms with Gasteiger partial charge in [-0.25, -0.2) is 8.42 Å². The molecule has 0 atom stereocenters. The molecule has 1 fully saturated rings. The standard InChI is InChI=1S/C21H25ClN2O3S/c1-16-3-4-17(2)20(15-16)28(26,27)24-13-11-23(12-14-24)21(25)10-7-18-5-8-19(22)9-6-18/h3-6,8-9,15H,7,10-14H2,1-2H3. The van der Waals surface area contributed by atoms with Gasteiger partial charge < -0.3 is 4.90 Å². The SMILES string of the molecule is Cc1ccc(C)c(S(=O)(=O)N2CCN(C(=O)CCc3ccc(Cl)cc3)CC2)c1. The van der Waals surface area contributed by atoms with E-state index in [4.69, 9.17) is 11.6 Å². The van der Waals surface area contributed by atoms with Gasteiger partial charge in [0.2, 0.25) is 15.9 Å². The van der Waals surface area contributed by atoms with Crippen LogP contribution in [0, 0.1) is 13.8 Å². The van der Waals surface area contributed by atoms with Crippen LogP contribution in [-0.2, 0) is 21.2 Å². The van der Waals surface area contributed by atoms with Gasteiger partial charge in [0.05, 0.1) is 4.90 Å². The largest absolute Gasteiger partial charge is 0.340 e. The second kappa shape index (κ2) is 8.64. The normalized spacial score (nSPS) is 15.6. The van der Waals surface area contributed by atoms with Crippen molar-refractivity contribution in [2.24, 2.45) is 0 Å². The lowest BCUT2D eigenvalue weighted by molar-refractivity contribution is -0.132. The molecule has 0 aliphatic carbocycles. The van der Waals surface area contributed by atoms with Crippen LogP contribution in [0.3, 0.4) is 0 Å². The molecule has 0 aromatic heterocycles. The summed E-state index contributed by atoms with van der Waals surface area (Å²) in [5.41, 5.74) is 2.72. The van der Waals surface area contributed by atoms with Gasteiger partial charge in [0.15, 0.2) is 0 Å². The number of halogens is 1. The van der Waals surface area contributed by atoms with Crippen LogP contribution in [-0.4, -0.2) is 49.7 Å². The van der Waals surface area contributed by atoms with E-state index in [1.54, 1.807) is 11.0 Å². The minimum Gasteiger partial charge on any atom is -0.340 e. The summed E-state index contributed by atoms with van der Waals surface area (Å²) < 4.78 is 27.5. The molecular formula is C21H25ClN2O3S. The van der Waals surface area contributed by atoms with E-state index in [0.29, 0.717) is 48.9 Å². The first-order valence-electron chi connectivity index (χ1n) is 9.37. The average molecular weight is 421 g/mol. The first-order chi connectivity index (χ1) is 13.3. The topological polar surface area (TPSA) is 57.7 Å². The Morgan fingerprint density at radius 2 is 1.64 bits per heavy atom. The van der Waals surface area contributed by atoms with E-state index in [-0.39, 0.29) is 5.91 Å². The van der Waals surface area contributed by atoms with Gasteiger partial charge in [0, 0.05) is 37.6 Å². The fourth-order valence-corrected chi connectivity index (χ4v) is 5.22. The van der Waals surface area contributed by atoms with Crippen LogP contribution < -0.4 is 0 Å². The van der Waals surface area contributed by atoms with Crippen molar-refractivity contribution in [3.8, 4) is 0 Å². The molecule has 1 heterocycles. The molecule has 2 aromatic carbocycles. The lowest BCUT2D eigenvalue weighted by atomic mass is 10.1. The van der Waals surface area contributed by atoms with Crippen LogP contribution >= 0.6 is 11.6 Å². The molecule has 1 amide bonds. The van der Waals surface area contributed by atoms with Gasteiger partial charge >= 0.3 is 0 Å². The van der Waals surface area contributed by atoms with E-state index in [1.165, 1.54) is 4.31 Å². The van der Waals surface area contributed by atoms with Gasteiger partial charge in [0.1, 0.15) is 0 Å². The second-order valence-corrected chi connectivity index (χ2v) is 9.52. The fourth-order valence-electron chi connectivity index (χ4n) is 3.36. The molecule has 3 rings (SSSR count). The zero-order valence-electron chi connectivity index (χ0n) is 16.2. The van der Waals surface area contributed by atoms with Crippen LogP contribution in [0.25, 0.3) is 0 Å². The Kier molecular flexibility index (Phi) is 6.43. The molecule has 0 bridgehead atoms. The molecule has 7 heteroatoms. The monoisotopic (exact) mass is 420 g/mol. The van der Waals surface area contributed by atoms with Crippen molar-refractivity contribution in [2.45, 2.75) is 31.6 Å². The molecule has 0 saturated carbocycles. The first kappa shape index (κ1) is 20.8. The number of piperazine rings is 1. The molecule has 2 aromatic rings. The number of aryl methyl sites for hydroxylation is 3. The highest BCUT2D eigenvalue weighted by molar-refractivity contribution is 7.89. The molecule has 1 saturated heterocycles. The third kappa shape index (κ3) is 4.74. The Bertz CT molecular complexity index is 950. The minimum absolute atomic E-state index is 0.0544. The van der Waals surface area contributed by atoms with Crippen molar-refractivity contribution >= 4 is 27.5 Å². The van der Waals surface area contributed by atoms with Crippen LogP contribution in [0.4, 0.5) is 0 Å². The van der Waals surface area contributed by atoms with Crippen molar-refractivity contribution in [1.82, 2.24) is 9.21 Å². The highest BCUT2D eigenvalue weighted by atomic mass is 35.5. The average Bonchev–Trinajstić information content (AvgIpc) is 2.69. The Labute approximate surface area is 172 Å². The highest BCUT2D eigenvalue weighted by Crippen LogP contribution is 2.22. The Morgan fingerprint density at radius 1 is 1.00 bits per heavy atom. The van der Waals surface area contributed by atoms with E-state index >= 15 is 0 Å². The zero-order valence-corrected chi connectivity index (χ0v) is 17.8. The van der Waals surface area contributed by atoms with E-state index < -0.39 is 10.0 Å². The van der Waals surface area contributed by atoms with Crippen molar-refractivity contribution in [1.29, 1.82) is 0 Å². The number of hydrogen-bond acceptors (Lipinski definition) is 3. The van der Waals surface area contributed by atoms with Crippen LogP contribution in [0.2, 0.25) is 5.02 Å². The maximum Gasteiger partial charge on any atom is 0.243 e. The van der Waals surface area contributed by atoms with E-state index in [2.05, 4.69) is 0 Å². The van der Waals surface area contributed by atoms with Gasteiger partial charge in [-0.15, -0.1) is 0 Å². The predicted octanol–water partition coefficient (Wildman–Crippen LogP) is 3.42. The number of benzene rings is 2. The lowest BCUT2D eigenvalue weighted by Crippen LogP contribution is -2.50. The van der Waals surface area contributed by atoms with E-state index in [0.717, 1.165) is 16.7 Å². The molecule has 0 spiro atoms. The van der Waals surface area contributed by atoms with Gasteiger partial charge in [-0.2, -0.15) is 4.31 Å². The highest BCUT2D eigenvalue weighted by Gasteiger charge is 2.30. The Morgan fingerprint density at radius 3 is 2.29 bits per heavy atom. The maximum absolute atomic E-state index is 13.0. The van der Waals surface area contributed by atoms with Crippen LogP contribution in [0.1, 0.15) is 23.1 Å². The quantitative estimate of drug-likeness (QED) is 0.744. The third-order valence-corrected chi connectivity index (χ3v) is 7.39. The van der Waals surface area contributed by atoms with Gasteiger partial charge in [-0.3, -0.25) is 4.79 Å². The van der Waals surface area contributed by atoms with Crippen molar-refractivity contribution in [2.75, 3.05) is 26.2 Å². The minimum atomic E-state index is -3.54. The third-order valence-electron chi connectivity index (χ3n) is 5.09. The summed E-state index contributed by atoms with van der Waals surface area (Å²) in [5.74, 6) is 0.0544. The summed E-state index contributed by atoms with van der Waals surface area (Å²) in [7, 11) is -3.54.